The molecule has 2 heterocycles. The Morgan fingerprint density at radius 1 is 1.20 bits per heavy atom. The molecule has 1 saturated heterocycles. The lowest BCUT2D eigenvalue weighted by Gasteiger charge is -2.39. The van der Waals surface area contributed by atoms with Crippen molar-refractivity contribution in [1.82, 2.24) is 25.0 Å². The van der Waals surface area contributed by atoms with Crippen LogP contribution < -0.4 is 5.32 Å². The first-order chi connectivity index (χ1) is 14.6. The number of piperidine rings is 1. The van der Waals surface area contributed by atoms with Crippen molar-refractivity contribution in [2.24, 2.45) is 0 Å². The summed E-state index contributed by atoms with van der Waals surface area (Å²) in [5.41, 5.74) is 0.841. The van der Waals surface area contributed by atoms with Gasteiger partial charge >= 0.3 is 0 Å². The van der Waals surface area contributed by atoms with E-state index >= 15 is 0 Å². The van der Waals surface area contributed by atoms with Gasteiger partial charge in [0.2, 0.25) is 5.91 Å². The molecule has 2 aromatic rings. The highest BCUT2D eigenvalue weighted by molar-refractivity contribution is 5.76. The van der Waals surface area contributed by atoms with Crippen LogP contribution in [0.2, 0.25) is 0 Å². The lowest BCUT2D eigenvalue weighted by atomic mass is 9.77. The van der Waals surface area contributed by atoms with E-state index in [1.54, 1.807) is 23.1 Å². The van der Waals surface area contributed by atoms with Crippen LogP contribution in [-0.4, -0.2) is 51.2 Å². The Hall–Kier alpha value is -2.28. The molecule has 1 aromatic heterocycles. The van der Waals surface area contributed by atoms with Crippen LogP contribution in [0.15, 0.2) is 36.9 Å². The number of aryl methyl sites for hydroxylation is 1. The highest BCUT2D eigenvalue weighted by Gasteiger charge is 2.39. The van der Waals surface area contributed by atoms with E-state index in [9.17, 15) is 9.18 Å². The lowest BCUT2D eigenvalue weighted by molar-refractivity contribution is -0.122. The zero-order valence-electron chi connectivity index (χ0n) is 17.6. The topological polar surface area (TPSA) is 63.1 Å². The number of nitrogens with one attached hydrogen (secondary N) is 1. The number of nitrogens with zero attached hydrogens (tertiary/aromatic N) is 4. The lowest BCUT2D eigenvalue weighted by Crippen LogP contribution is -2.48. The Balaban J connectivity index is 1.24. The van der Waals surface area contributed by atoms with Gasteiger partial charge in [-0.25, -0.2) is 9.37 Å². The second kappa shape index (κ2) is 9.69. The van der Waals surface area contributed by atoms with E-state index in [0.717, 1.165) is 57.3 Å². The van der Waals surface area contributed by atoms with Crippen LogP contribution in [-0.2, 0) is 16.8 Å². The van der Waals surface area contributed by atoms with Crippen molar-refractivity contribution in [1.29, 1.82) is 0 Å². The van der Waals surface area contributed by atoms with Crippen LogP contribution in [0.5, 0.6) is 0 Å². The molecule has 7 heteroatoms. The van der Waals surface area contributed by atoms with Gasteiger partial charge < -0.3 is 10.2 Å². The van der Waals surface area contributed by atoms with Crippen molar-refractivity contribution < 1.29 is 9.18 Å². The molecule has 0 atom stereocenters. The van der Waals surface area contributed by atoms with Crippen molar-refractivity contribution in [2.75, 3.05) is 19.6 Å². The molecule has 0 spiro atoms. The minimum atomic E-state index is -0.0626. The normalized spacial score (nSPS) is 19.8. The van der Waals surface area contributed by atoms with Crippen molar-refractivity contribution in [3.8, 4) is 0 Å². The van der Waals surface area contributed by atoms with Crippen molar-refractivity contribution in [3.63, 3.8) is 0 Å². The second-order valence-corrected chi connectivity index (χ2v) is 8.85. The molecule has 1 aromatic carbocycles. The number of rotatable bonds is 8. The molecule has 2 fully saturated rings. The predicted octanol–water partition coefficient (Wildman–Crippen LogP) is 3.29. The van der Waals surface area contributed by atoms with Gasteiger partial charge in [0.25, 0.3) is 0 Å². The molecule has 0 radical (unpaired) electrons. The molecule has 6 nitrogen and oxygen atoms in total. The van der Waals surface area contributed by atoms with Gasteiger partial charge in [0, 0.05) is 44.1 Å². The molecular weight excluding hydrogens is 381 g/mol. The third kappa shape index (κ3) is 5.06. The van der Waals surface area contributed by atoms with E-state index < -0.39 is 0 Å². The first-order valence-corrected chi connectivity index (χ1v) is 11.2. The minimum Gasteiger partial charge on any atom is -0.353 e. The Morgan fingerprint density at radius 3 is 2.67 bits per heavy atom. The van der Waals surface area contributed by atoms with E-state index in [0.29, 0.717) is 13.0 Å². The monoisotopic (exact) mass is 413 g/mol. The first kappa shape index (κ1) is 21.0. The quantitative estimate of drug-likeness (QED) is 0.721. The summed E-state index contributed by atoms with van der Waals surface area (Å²) in [5, 5.41) is 7.25. The van der Waals surface area contributed by atoms with Gasteiger partial charge in [0.1, 0.15) is 18.5 Å². The van der Waals surface area contributed by atoms with Crippen molar-refractivity contribution in [2.45, 2.75) is 69.4 Å². The molecule has 1 saturated carbocycles. The van der Waals surface area contributed by atoms with Crippen molar-refractivity contribution >= 4 is 5.91 Å². The maximum Gasteiger partial charge on any atom is 0.220 e. The molecule has 1 N–H and O–H groups in total. The number of carbonyl (C=O) groups is 1. The molecule has 30 heavy (non-hydrogen) atoms. The number of hydrogen-bond acceptors (Lipinski definition) is 4. The molecular formula is C23H32FN5O. The van der Waals surface area contributed by atoms with E-state index in [2.05, 4.69) is 20.3 Å². The van der Waals surface area contributed by atoms with Crippen molar-refractivity contribution in [3.05, 3.63) is 48.3 Å². The second-order valence-electron chi connectivity index (χ2n) is 8.85. The van der Waals surface area contributed by atoms with Gasteiger partial charge in [0.15, 0.2) is 0 Å². The Labute approximate surface area is 177 Å². The summed E-state index contributed by atoms with van der Waals surface area (Å²) in [5.74, 6) is 0.0552. The van der Waals surface area contributed by atoms with Gasteiger partial charge in [-0.05, 0) is 43.7 Å². The van der Waals surface area contributed by atoms with Gasteiger partial charge in [-0.15, -0.1) is 0 Å². The highest BCUT2D eigenvalue weighted by atomic mass is 19.1. The van der Waals surface area contributed by atoms with E-state index in [1.807, 2.05) is 12.1 Å². The number of hydrogen-bond donors (Lipinski definition) is 1. The third-order valence-electron chi connectivity index (χ3n) is 6.74. The molecule has 0 unspecified atom stereocenters. The third-order valence-corrected chi connectivity index (χ3v) is 6.74. The predicted molar refractivity (Wildman–Crippen MR) is 113 cm³/mol. The minimum absolute atomic E-state index is 0.0528. The van der Waals surface area contributed by atoms with E-state index in [1.165, 1.54) is 19.2 Å². The van der Waals surface area contributed by atoms with Crippen LogP contribution in [0.3, 0.4) is 0 Å². The zero-order valence-corrected chi connectivity index (χ0v) is 17.6. The Morgan fingerprint density at radius 2 is 1.97 bits per heavy atom. The molecule has 2 aliphatic rings. The molecule has 1 aliphatic carbocycles. The summed E-state index contributed by atoms with van der Waals surface area (Å²) >= 11 is 0. The average molecular weight is 414 g/mol. The summed E-state index contributed by atoms with van der Waals surface area (Å²) in [4.78, 5) is 18.7. The summed E-state index contributed by atoms with van der Waals surface area (Å²) in [6.45, 7) is 3.55. The van der Waals surface area contributed by atoms with Crippen LogP contribution in [0, 0.1) is 5.82 Å². The molecule has 162 valence electrons. The Kier molecular flexibility index (Phi) is 6.77. The molecule has 1 aliphatic heterocycles. The SMILES string of the molecule is O=C(CCCn1cncn1)NC1CCN(CC2(c3ccccc3F)CCCC2)CC1. The number of carbonyl (C=O) groups excluding carboxylic acids is 1. The van der Waals surface area contributed by atoms with Gasteiger partial charge in [0.05, 0.1) is 0 Å². The molecule has 1 amide bonds. The Bertz CT molecular complexity index is 811. The highest BCUT2D eigenvalue weighted by Crippen LogP contribution is 2.43. The van der Waals surface area contributed by atoms with Crippen LogP contribution in [0.4, 0.5) is 4.39 Å². The van der Waals surface area contributed by atoms with E-state index in [-0.39, 0.29) is 23.2 Å². The zero-order chi connectivity index (χ0) is 20.8. The maximum atomic E-state index is 14.6. The van der Waals surface area contributed by atoms with E-state index in [4.69, 9.17) is 0 Å². The van der Waals surface area contributed by atoms with Crippen LogP contribution >= 0.6 is 0 Å². The fourth-order valence-electron chi connectivity index (χ4n) is 5.17. The van der Waals surface area contributed by atoms with Gasteiger partial charge in [-0.1, -0.05) is 31.0 Å². The van der Waals surface area contributed by atoms with Gasteiger partial charge in [-0.3, -0.25) is 9.48 Å². The standard InChI is InChI=1S/C23H32FN5O/c24-21-7-2-1-6-20(21)23(11-3-4-12-23)16-28-14-9-19(10-15-28)27-22(30)8-5-13-29-18-25-17-26-29/h1-2,6-7,17-19H,3-5,8-16H2,(H,27,30). The number of likely N-dealkylation sites (tertiary alicyclic amines) is 1. The van der Waals surface area contributed by atoms with Gasteiger partial charge in [-0.2, -0.15) is 5.10 Å². The number of aromatic nitrogens is 3. The fourth-order valence-corrected chi connectivity index (χ4v) is 5.17. The number of amides is 1. The average Bonchev–Trinajstić information content (AvgIpc) is 3.43. The summed E-state index contributed by atoms with van der Waals surface area (Å²) in [6, 6.07) is 7.56. The first-order valence-electron chi connectivity index (χ1n) is 11.2. The number of halogens is 1. The maximum absolute atomic E-state index is 14.6. The smallest absolute Gasteiger partial charge is 0.220 e. The molecule has 4 rings (SSSR count). The fraction of sp³-hybridized carbons (Fsp3) is 0.609. The van der Waals surface area contributed by atoms with Crippen LogP contribution in [0.1, 0.15) is 56.9 Å². The summed E-state index contributed by atoms with van der Waals surface area (Å²) < 4.78 is 16.3. The largest absolute Gasteiger partial charge is 0.353 e. The summed E-state index contributed by atoms with van der Waals surface area (Å²) in [7, 11) is 0. The summed E-state index contributed by atoms with van der Waals surface area (Å²) in [6.07, 6.45) is 10.9. The molecule has 0 bridgehead atoms. The van der Waals surface area contributed by atoms with Crippen LogP contribution in [0.25, 0.3) is 0 Å². The number of benzene rings is 1.